The Morgan fingerprint density at radius 1 is 1.04 bits per heavy atom. The van der Waals surface area contributed by atoms with Crippen LogP contribution in [0.15, 0.2) is 30.3 Å². The Morgan fingerprint density at radius 2 is 1.79 bits per heavy atom. The zero-order valence-corrected chi connectivity index (χ0v) is 14.9. The number of anilines is 1. The van der Waals surface area contributed by atoms with Gasteiger partial charge in [-0.15, -0.1) is 11.3 Å². The van der Waals surface area contributed by atoms with Gasteiger partial charge in [0, 0.05) is 28.8 Å². The van der Waals surface area contributed by atoms with Gasteiger partial charge >= 0.3 is 0 Å². The second-order valence-electron chi connectivity index (χ2n) is 6.97. The lowest BCUT2D eigenvalue weighted by molar-refractivity contribution is -0.901. The monoisotopic (exact) mass is 341 g/mol. The van der Waals surface area contributed by atoms with Crippen LogP contribution in [0.5, 0.6) is 0 Å². The summed E-state index contributed by atoms with van der Waals surface area (Å²) < 4.78 is 0. The number of carbonyl (C=O) groups is 1. The average Bonchev–Trinajstić information content (AvgIpc) is 3.25. The first kappa shape index (κ1) is 15.9. The highest BCUT2D eigenvalue weighted by Crippen LogP contribution is 2.38. The number of rotatable bonds is 4. The summed E-state index contributed by atoms with van der Waals surface area (Å²) in [6, 6.07) is 9.55. The third-order valence-corrected chi connectivity index (χ3v) is 6.53. The third-order valence-electron chi connectivity index (χ3n) is 5.28. The summed E-state index contributed by atoms with van der Waals surface area (Å²) in [6.45, 7) is 3.63. The van der Waals surface area contributed by atoms with E-state index >= 15 is 0 Å². The Bertz CT molecular complexity index is 717. The summed E-state index contributed by atoms with van der Waals surface area (Å²) in [5.74, 6) is 0.0202. The molecule has 24 heavy (non-hydrogen) atoms. The van der Waals surface area contributed by atoms with Crippen LogP contribution in [-0.2, 0) is 19.4 Å². The molecule has 2 aromatic rings. The molecule has 1 amide bonds. The molecule has 4 heteroatoms. The zero-order chi connectivity index (χ0) is 16.4. The van der Waals surface area contributed by atoms with Gasteiger partial charge in [0.15, 0.2) is 0 Å². The molecule has 3 nitrogen and oxygen atoms in total. The summed E-state index contributed by atoms with van der Waals surface area (Å²) in [6.07, 6.45) is 7.63. The summed E-state index contributed by atoms with van der Waals surface area (Å²) >= 11 is 1.82. The van der Waals surface area contributed by atoms with Crippen LogP contribution >= 0.6 is 11.3 Å². The fraction of sp³-hybridized carbons (Fsp3) is 0.450. The lowest BCUT2D eigenvalue weighted by Crippen LogP contribution is -3.08. The minimum atomic E-state index is 0.0202. The minimum Gasteiger partial charge on any atom is -0.331 e. The minimum absolute atomic E-state index is 0.0202. The molecule has 1 aromatic carbocycles. The van der Waals surface area contributed by atoms with Crippen LogP contribution in [-0.4, -0.2) is 19.0 Å². The van der Waals surface area contributed by atoms with Crippen molar-refractivity contribution in [3.63, 3.8) is 0 Å². The van der Waals surface area contributed by atoms with Crippen molar-refractivity contribution in [2.75, 3.05) is 18.4 Å². The lowest BCUT2D eigenvalue weighted by Gasteiger charge is -2.17. The number of amides is 1. The van der Waals surface area contributed by atoms with E-state index in [9.17, 15) is 4.79 Å². The van der Waals surface area contributed by atoms with Crippen LogP contribution in [0.1, 0.15) is 52.0 Å². The number of hydrogen-bond donors (Lipinski definition) is 2. The smallest absolute Gasteiger partial charge is 0.256 e. The molecular formula is C20H25N2OS+. The van der Waals surface area contributed by atoms with Crippen LogP contribution < -0.4 is 10.2 Å². The van der Waals surface area contributed by atoms with Gasteiger partial charge in [0.05, 0.1) is 13.1 Å². The van der Waals surface area contributed by atoms with Crippen LogP contribution in [0.3, 0.4) is 0 Å². The van der Waals surface area contributed by atoms with Gasteiger partial charge in [-0.1, -0.05) is 18.2 Å². The third kappa shape index (κ3) is 3.26. The number of hydrogen-bond acceptors (Lipinski definition) is 2. The fourth-order valence-corrected chi connectivity index (χ4v) is 5.29. The molecule has 1 aromatic heterocycles. The van der Waals surface area contributed by atoms with Crippen LogP contribution in [0.2, 0.25) is 0 Å². The quantitative estimate of drug-likeness (QED) is 0.880. The highest BCUT2D eigenvalue weighted by molar-refractivity contribution is 7.16. The number of nitrogens with one attached hydrogen (secondary N) is 2. The molecule has 0 atom stereocenters. The maximum Gasteiger partial charge on any atom is 0.256 e. The van der Waals surface area contributed by atoms with Gasteiger partial charge in [-0.05, 0) is 43.4 Å². The van der Waals surface area contributed by atoms with E-state index in [1.807, 2.05) is 41.7 Å². The van der Waals surface area contributed by atoms with Crippen molar-refractivity contribution in [2.24, 2.45) is 0 Å². The molecule has 1 fully saturated rings. The molecule has 0 radical (unpaired) electrons. The van der Waals surface area contributed by atoms with Gasteiger partial charge in [-0.3, -0.25) is 4.79 Å². The standard InChI is InChI=1S/C20H24N2OS/c23-19(15-8-2-1-3-9-15)21-20-17(14-22-12-6-7-13-22)16-10-4-5-11-18(16)24-20/h1-3,8-9H,4-7,10-14H2,(H,21,23)/p+1. The van der Waals surface area contributed by atoms with E-state index in [1.165, 1.54) is 62.1 Å². The number of aryl methyl sites for hydroxylation is 1. The Hall–Kier alpha value is -1.65. The van der Waals surface area contributed by atoms with Crippen LogP contribution in [0.4, 0.5) is 5.00 Å². The first-order valence-corrected chi connectivity index (χ1v) is 9.96. The predicted molar refractivity (Wildman–Crippen MR) is 99.0 cm³/mol. The molecule has 0 spiro atoms. The average molecular weight is 342 g/mol. The number of likely N-dealkylation sites (tertiary alicyclic amines) is 1. The van der Waals surface area contributed by atoms with Crippen molar-refractivity contribution in [3.05, 3.63) is 51.9 Å². The largest absolute Gasteiger partial charge is 0.331 e. The first-order valence-electron chi connectivity index (χ1n) is 9.14. The fourth-order valence-electron chi connectivity index (χ4n) is 3.99. The first-order chi connectivity index (χ1) is 11.8. The number of benzene rings is 1. The summed E-state index contributed by atoms with van der Waals surface area (Å²) in [5, 5.41) is 4.33. The van der Waals surface area contributed by atoms with Gasteiger partial charge in [0.1, 0.15) is 11.5 Å². The van der Waals surface area contributed by atoms with Crippen molar-refractivity contribution in [3.8, 4) is 0 Å². The summed E-state index contributed by atoms with van der Waals surface area (Å²) in [5.41, 5.74) is 3.72. The topological polar surface area (TPSA) is 33.5 Å². The Labute approximate surface area is 147 Å². The predicted octanol–water partition coefficient (Wildman–Crippen LogP) is 3.06. The number of quaternary nitrogens is 1. The van der Waals surface area contributed by atoms with Crippen molar-refractivity contribution in [1.29, 1.82) is 0 Å². The van der Waals surface area contributed by atoms with E-state index in [0.717, 1.165) is 17.1 Å². The Kier molecular flexibility index (Phi) is 4.67. The molecule has 4 rings (SSSR count). The van der Waals surface area contributed by atoms with Gasteiger partial charge in [0.2, 0.25) is 0 Å². The lowest BCUT2D eigenvalue weighted by atomic mass is 9.95. The molecule has 0 bridgehead atoms. The Balaban J connectivity index is 1.61. The van der Waals surface area contributed by atoms with Crippen molar-refractivity contribution < 1.29 is 9.69 Å². The highest BCUT2D eigenvalue weighted by Gasteiger charge is 2.26. The SMILES string of the molecule is O=C(Nc1sc2c(c1C[NH+]1CCCC1)CCCC2)c1ccccc1. The van der Waals surface area contributed by atoms with E-state index in [2.05, 4.69) is 5.32 Å². The van der Waals surface area contributed by atoms with Crippen molar-refractivity contribution in [2.45, 2.75) is 45.1 Å². The van der Waals surface area contributed by atoms with E-state index in [1.54, 1.807) is 10.5 Å². The van der Waals surface area contributed by atoms with E-state index in [4.69, 9.17) is 0 Å². The molecule has 0 unspecified atom stereocenters. The maximum atomic E-state index is 12.6. The van der Waals surface area contributed by atoms with Gasteiger partial charge < -0.3 is 10.2 Å². The molecule has 126 valence electrons. The number of carbonyl (C=O) groups excluding carboxylic acids is 1. The number of fused-ring (bicyclic) bond motifs is 1. The highest BCUT2D eigenvalue weighted by atomic mass is 32.1. The molecule has 1 aliphatic heterocycles. The van der Waals surface area contributed by atoms with Gasteiger partial charge in [0.25, 0.3) is 5.91 Å². The molecular weight excluding hydrogens is 316 g/mol. The zero-order valence-electron chi connectivity index (χ0n) is 14.1. The maximum absolute atomic E-state index is 12.6. The van der Waals surface area contributed by atoms with Gasteiger partial charge in [-0.25, -0.2) is 0 Å². The van der Waals surface area contributed by atoms with E-state index in [-0.39, 0.29) is 5.91 Å². The number of thiophene rings is 1. The van der Waals surface area contributed by atoms with E-state index in [0.29, 0.717) is 0 Å². The molecule has 2 aliphatic rings. The normalized spacial score (nSPS) is 17.7. The molecule has 0 saturated carbocycles. The molecule has 1 saturated heterocycles. The van der Waals surface area contributed by atoms with Crippen LogP contribution in [0.25, 0.3) is 0 Å². The summed E-state index contributed by atoms with van der Waals surface area (Å²) in [7, 11) is 0. The second-order valence-corrected chi connectivity index (χ2v) is 8.08. The molecule has 2 heterocycles. The van der Waals surface area contributed by atoms with E-state index < -0.39 is 0 Å². The van der Waals surface area contributed by atoms with Crippen molar-refractivity contribution >= 4 is 22.2 Å². The molecule has 2 N–H and O–H groups in total. The van der Waals surface area contributed by atoms with Crippen molar-refractivity contribution in [1.82, 2.24) is 0 Å². The van der Waals surface area contributed by atoms with Crippen LogP contribution in [0, 0.1) is 0 Å². The summed E-state index contributed by atoms with van der Waals surface area (Å²) in [4.78, 5) is 15.8. The Morgan fingerprint density at radius 3 is 2.58 bits per heavy atom. The van der Waals surface area contributed by atoms with Gasteiger partial charge in [-0.2, -0.15) is 0 Å². The second kappa shape index (κ2) is 7.08. The molecule has 1 aliphatic carbocycles.